The number of benzene rings is 1. The van der Waals surface area contributed by atoms with Gasteiger partial charge >= 0.3 is 0 Å². The standard InChI is InChI=1S/C10H13ClN2O2/c1-2-15-6-9(14)13-10-7(11)4-3-5-8(10)12/h3-5H,2,6,12H2,1H3,(H,13,14). The quantitative estimate of drug-likeness (QED) is 0.774. The van der Waals surface area contributed by atoms with E-state index < -0.39 is 0 Å². The summed E-state index contributed by atoms with van der Waals surface area (Å²) in [5, 5.41) is 3.01. The first-order valence-electron chi connectivity index (χ1n) is 4.56. The number of halogens is 1. The number of nitrogens with two attached hydrogens (primary N) is 1. The Hall–Kier alpha value is -1.26. The Morgan fingerprint density at radius 1 is 1.60 bits per heavy atom. The van der Waals surface area contributed by atoms with Crippen molar-refractivity contribution in [1.29, 1.82) is 0 Å². The third-order valence-corrected chi connectivity index (χ3v) is 2.06. The Kier molecular flexibility index (Phi) is 4.39. The second kappa shape index (κ2) is 5.58. The van der Waals surface area contributed by atoms with Crippen LogP contribution in [0.3, 0.4) is 0 Å². The summed E-state index contributed by atoms with van der Waals surface area (Å²) in [5.74, 6) is -0.267. The molecule has 0 radical (unpaired) electrons. The van der Waals surface area contributed by atoms with E-state index in [1.807, 2.05) is 6.92 Å². The predicted octanol–water partition coefficient (Wildman–Crippen LogP) is 1.90. The molecule has 0 unspecified atom stereocenters. The summed E-state index contributed by atoms with van der Waals surface area (Å²) in [7, 11) is 0. The van der Waals surface area contributed by atoms with E-state index in [9.17, 15) is 4.79 Å². The van der Waals surface area contributed by atoms with Crippen molar-refractivity contribution in [1.82, 2.24) is 0 Å². The van der Waals surface area contributed by atoms with Gasteiger partial charge in [0.2, 0.25) is 5.91 Å². The summed E-state index contributed by atoms with van der Waals surface area (Å²) < 4.78 is 4.95. The molecule has 0 aliphatic carbocycles. The van der Waals surface area contributed by atoms with Gasteiger partial charge in [0.1, 0.15) is 6.61 Å². The summed E-state index contributed by atoms with van der Waals surface area (Å²) >= 11 is 5.87. The topological polar surface area (TPSA) is 64.3 Å². The molecule has 1 aromatic carbocycles. The molecule has 0 heterocycles. The Morgan fingerprint density at radius 2 is 2.33 bits per heavy atom. The maximum atomic E-state index is 11.3. The van der Waals surface area contributed by atoms with Crippen molar-refractivity contribution in [3.05, 3.63) is 23.2 Å². The van der Waals surface area contributed by atoms with Crippen molar-refractivity contribution >= 4 is 28.9 Å². The molecule has 0 saturated heterocycles. The van der Waals surface area contributed by atoms with Crippen molar-refractivity contribution in [3.63, 3.8) is 0 Å². The monoisotopic (exact) mass is 228 g/mol. The summed E-state index contributed by atoms with van der Waals surface area (Å²) in [6.07, 6.45) is 0. The van der Waals surface area contributed by atoms with Crippen LogP contribution < -0.4 is 11.1 Å². The predicted molar refractivity (Wildman–Crippen MR) is 61.0 cm³/mol. The third-order valence-electron chi connectivity index (χ3n) is 1.75. The minimum atomic E-state index is -0.267. The zero-order valence-electron chi connectivity index (χ0n) is 8.42. The lowest BCUT2D eigenvalue weighted by Crippen LogP contribution is -2.19. The van der Waals surface area contributed by atoms with Gasteiger partial charge in [-0.15, -0.1) is 0 Å². The molecule has 15 heavy (non-hydrogen) atoms. The van der Waals surface area contributed by atoms with Gasteiger partial charge in [0, 0.05) is 6.61 Å². The number of anilines is 2. The SMILES string of the molecule is CCOCC(=O)Nc1c(N)cccc1Cl. The number of amides is 1. The van der Waals surface area contributed by atoms with Crippen LogP contribution in [0.5, 0.6) is 0 Å². The second-order valence-electron chi connectivity index (χ2n) is 2.89. The van der Waals surface area contributed by atoms with Crippen LogP contribution in [-0.2, 0) is 9.53 Å². The van der Waals surface area contributed by atoms with Gasteiger partial charge in [-0.2, -0.15) is 0 Å². The van der Waals surface area contributed by atoms with E-state index in [1.54, 1.807) is 18.2 Å². The number of nitrogen functional groups attached to an aromatic ring is 1. The number of ether oxygens (including phenoxy) is 1. The van der Waals surface area contributed by atoms with Crippen molar-refractivity contribution in [2.45, 2.75) is 6.92 Å². The molecule has 1 aromatic rings. The highest BCUT2D eigenvalue weighted by atomic mass is 35.5. The van der Waals surface area contributed by atoms with Gasteiger partial charge in [0.25, 0.3) is 0 Å². The number of rotatable bonds is 4. The smallest absolute Gasteiger partial charge is 0.250 e. The number of para-hydroxylation sites is 1. The lowest BCUT2D eigenvalue weighted by Gasteiger charge is -2.09. The fourth-order valence-electron chi connectivity index (χ4n) is 1.04. The van der Waals surface area contributed by atoms with E-state index in [0.717, 1.165) is 0 Å². The van der Waals surface area contributed by atoms with Crippen molar-refractivity contribution < 1.29 is 9.53 Å². The molecular formula is C10H13ClN2O2. The molecule has 1 rings (SSSR count). The molecule has 1 amide bonds. The normalized spacial score (nSPS) is 10.0. The number of carbonyl (C=O) groups excluding carboxylic acids is 1. The van der Waals surface area contributed by atoms with Crippen LogP contribution in [0.4, 0.5) is 11.4 Å². The first-order valence-corrected chi connectivity index (χ1v) is 4.94. The molecule has 0 aliphatic heterocycles. The lowest BCUT2D eigenvalue weighted by molar-refractivity contribution is -0.120. The van der Waals surface area contributed by atoms with Gasteiger partial charge in [0.15, 0.2) is 0 Å². The molecular weight excluding hydrogens is 216 g/mol. The summed E-state index contributed by atoms with van der Waals surface area (Å²) in [5.41, 5.74) is 6.53. The molecule has 82 valence electrons. The van der Waals surface area contributed by atoms with Crippen molar-refractivity contribution in [3.8, 4) is 0 Å². The zero-order valence-corrected chi connectivity index (χ0v) is 9.17. The molecule has 0 spiro atoms. The van der Waals surface area contributed by atoms with Crippen molar-refractivity contribution in [2.75, 3.05) is 24.3 Å². The first kappa shape index (κ1) is 11.8. The molecule has 3 N–H and O–H groups in total. The Morgan fingerprint density at radius 3 is 2.93 bits per heavy atom. The van der Waals surface area contributed by atoms with E-state index in [1.165, 1.54) is 0 Å². The van der Waals surface area contributed by atoms with E-state index in [2.05, 4.69) is 5.32 Å². The van der Waals surface area contributed by atoms with E-state index >= 15 is 0 Å². The molecule has 0 aromatic heterocycles. The lowest BCUT2D eigenvalue weighted by atomic mass is 10.2. The van der Waals surface area contributed by atoms with Gasteiger partial charge in [-0.3, -0.25) is 4.79 Å². The molecule has 4 nitrogen and oxygen atoms in total. The van der Waals surface area contributed by atoms with Crippen LogP contribution in [0.25, 0.3) is 0 Å². The van der Waals surface area contributed by atoms with Crippen LogP contribution in [0, 0.1) is 0 Å². The maximum absolute atomic E-state index is 11.3. The summed E-state index contributed by atoms with van der Waals surface area (Å²) in [6, 6.07) is 5.05. The highest BCUT2D eigenvalue weighted by molar-refractivity contribution is 6.34. The molecule has 0 aliphatic rings. The van der Waals surface area contributed by atoms with Crippen LogP contribution in [0.1, 0.15) is 6.92 Å². The molecule has 5 heteroatoms. The van der Waals surface area contributed by atoms with Crippen LogP contribution in [0.15, 0.2) is 18.2 Å². The minimum Gasteiger partial charge on any atom is -0.397 e. The van der Waals surface area contributed by atoms with Gasteiger partial charge in [-0.05, 0) is 19.1 Å². The summed E-state index contributed by atoms with van der Waals surface area (Å²) in [4.78, 5) is 11.3. The molecule has 0 atom stereocenters. The van der Waals surface area contributed by atoms with E-state index in [-0.39, 0.29) is 12.5 Å². The fourth-order valence-corrected chi connectivity index (χ4v) is 1.27. The van der Waals surface area contributed by atoms with E-state index in [0.29, 0.717) is 23.0 Å². The largest absolute Gasteiger partial charge is 0.397 e. The number of hydrogen-bond acceptors (Lipinski definition) is 3. The number of carbonyl (C=O) groups is 1. The van der Waals surface area contributed by atoms with Crippen LogP contribution in [0.2, 0.25) is 5.02 Å². The van der Waals surface area contributed by atoms with Gasteiger partial charge < -0.3 is 15.8 Å². The molecule has 0 saturated carbocycles. The number of hydrogen-bond donors (Lipinski definition) is 2. The Labute approximate surface area is 93.4 Å². The van der Waals surface area contributed by atoms with Gasteiger partial charge in [-0.1, -0.05) is 17.7 Å². The van der Waals surface area contributed by atoms with Crippen LogP contribution >= 0.6 is 11.6 Å². The summed E-state index contributed by atoms with van der Waals surface area (Å²) in [6.45, 7) is 2.31. The number of nitrogens with one attached hydrogen (secondary N) is 1. The van der Waals surface area contributed by atoms with Gasteiger partial charge in [-0.25, -0.2) is 0 Å². The van der Waals surface area contributed by atoms with Crippen LogP contribution in [-0.4, -0.2) is 19.1 Å². The third kappa shape index (κ3) is 3.42. The second-order valence-corrected chi connectivity index (χ2v) is 3.30. The maximum Gasteiger partial charge on any atom is 0.250 e. The first-order chi connectivity index (χ1) is 7.15. The minimum absolute atomic E-state index is 0.00115. The van der Waals surface area contributed by atoms with E-state index in [4.69, 9.17) is 22.1 Å². The molecule has 0 bridgehead atoms. The average Bonchev–Trinajstić information content (AvgIpc) is 2.21. The highest BCUT2D eigenvalue weighted by Gasteiger charge is 2.08. The van der Waals surface area contributed by atoms with Crippen molar-refractivity contribution in [2.24, 2.45) is 0 Å². The Balaban J connectivity index is 2.68. The average molecular weight is 229 g/mol. The molecule has 0 fully saturated rings. The Bertz CT molecular complexity index is 335. The highest BCUT2D eigenvalue weighted by Crippen LogP contribution is 2.27. The van der Waals surface area contributed by atoms with Gasteiger partial charge in [0.05, 0.1) is 16.4 Å². The fraction of sp³-hybridized carbons (Fsp3) is 0.300. The zero-order chi connectivity index (χ0) is 11.3.